The molecule has 19 heteroatoms. The van der Waals surface area contributed by atoms with Crippen LogP contribution in [0.15, 0.2) is 0 Å². The maximum Gasteiger partial charge on any atom is 2.00 e. The largest absolute Gasteiger partial charge is 2.00 e. The average molecular weight is 366 g/mol. The molecule has 0 aromatic heterocycles. The van der Waals surface area contributed by atoms with Crippen LogP contribution in [0.2, 0.25) is 0 Å². The summed E-state index contributed by atoms with van der Waals surface area (Å²) in [6.45, 7) is 0. The first kappa shape index (κ1) is 42.8. The summed E-state index contributed by atoms with van der Waals surface area (Å²) in [5, 5.41) is 59.0. The molecule has 0 atom stereocenters. The molecule has 0 saturated carbocycles. The Morgan fingerprint density at radius 2 is 0.421 bits per heavy atom. The minimum absolute atomic E-state index is 0. The maximum atomic E-state index is 8.25. The first-order valence-corrected chi connectivity index (χ1v) is 2.19. The third-order valence-electron chi connectivity index (χ3n) is 0. The van der Waals surface area contributed by atoms with Crippen LogP contribution in [0.1, 0.15) is 0 Å². The summed E-state index contributed by atoms with van der Waals surface area (Å²) >= 11 is 0. The fourth-order valence-corrected chi connectivity index (χ4v) is 0. The van der Waals surface area contributed by atoms with E-state index in [4.69, 9.17) is 61.3 Å². The minimum atomic E-state index is -1.75. The molecule has 0 aliphatic carbocycles. The third kappa shape index (κ3) is 3270. The number of hydrogen-bond acceptors (Lipinski definition) is 12. The van der Waals surface area contributed by atoms with Crippen LogP contribution >= 0.6 is 0 Å². The van der Waals surface area contributed by atoms with Crippen molar-refractivity contribution in [2.45, 2.75) is 0 Å². The molecule has 0 radical (unpaired) electrons. The van der Waals surface area contributed by atoms with Crippen molar-refractivity contribution in [3.63, 3.8) is 0 Å². The Labute approximate surface area is 217 Å². The average Bonchev–Trinajstić information content (AvgIpc) is 1.76. The van der Waals surface area contributed by atoms with Gasteiger partial charge in [0.2, 0.25) is 0 Å². The molecule has 0 heterocycles. The van der Waals surface area contributed by atoms with Gasteiger partial charge < -0.3 is 61.3 Å². The zero-order valence-electron chi connectivity index (χ0n) is 9.39. The predicted octanol–water partition coefficient (Wildman–Crippen LogP) is -7.33. The molecule has 0 bridgehead atoms. The van der Waals surface area contributed by atoms with Crippen molar-refractivity contribution >= 4 is 37.7 Å². The van der Waals surface area contributed by atoms with E-state index in [1.165, 1.54) is 0 Å². The smallest absolute Gasteiger partial charge is 0.356 e. The van der Waals surface area contributed by atoms with Crippen LogP contribution in [-0.4, -0.2) is 58.1 Å². The first-order valence-electron chi connectivity index (χ1n) is 2.19. The van der Waals surface area contributed by atoms with Crippen molar-refractivity contribution < 1.29 is 123 Å². The molecule has 0 fully saturated rings. The molecule has 0 unspecified atom stereocenters. The minimum Gasteiger partial charge on any atom is -0.356 e. The first-order chi connectivity index (χ1) is 6.93. The fourth-order valence-electron chi connectivity index (χ4n) is 0. The summed E-state index contributed by atoms with van der Waals surface area (Å²) in [6, 6.07) is 0. The van der Waals surface area contributed by atoms with E-state index in [0.29, 0.717) is 0 Å². The van der Waals surface area contributed by atoms with Crippen LogP contribution in [0, 0.1) is 61.3 Å². The molecule has 0 aromatic carbocycles. The topological polar surface area (TPSA) is 265 Å². The van der Waals surface area contributed by atoms with E-state index < -0.39 is 20.3 Å². The van der Waals surface area contributed by atoms with E-state index in [2.05, 4.69) is 0 Å². The Hall–Kier alpha value is 1.33. The zero-order valence-corrected chi connectivity index (χ0v) is 17.8. The van der Waals surface area contributed by atoms with E-state index in [9.17, 15) is 0 Å². The van der Waals surface area contributed by atoms with Crippen LogP contribution in [0.5, 0.6) is 0 Å². The maximum absolute atomic E-state index is 8.25. The van der Waals surface area contributed by atoms with Crippen LogP contribution in [0.3, 0.4) is 0 Å². The van der Waals surface area contributed by atoms with Gasteiger partial charge in [0, 0.05) is 0 Å². The molecule has 0 N–H and O–H groups in total. The van der Waals surface area contributed by atoms with Gasteiger partial charge in [0.25, 0.3) is 0 Å². The summed E-state index contributed by atoms with van der Waals surface area (Å²) in [4.78, 5) is 33.0. The van der Waals surface area contributed by atoms with E-state index in [-0.39, 0.29) is 141 Å². The molecule has 0 spiro atoms. The molecule has 0 aliphatic rings. The quantitative estimate of drug-likeness (QED) is 0.220. The summed E-state index contributed by atoms with van der Waals surface area (Å²) in [5.41, 5.74) is 0. The Balaban J connectivity index is -0.0000000192. The van der Waals surface area contributed by atoms with Crippen LogP contribution in [0.4, 0.5) is 0 Å². The summed E-state index contributed by atoms with van der Waals surface area (Å²) in [7, 11) is 0. The van der Waals surface area contributed by atoms with Gasteiger partial charge in [0.05, 0.1) is 20.3 Å². The van der Waals surface area contributed by atoms with E-state index in [0.717, 1.165) is 0 Å². The van der Waals surface area contributed by atoms with Gasteiger partial charge in [-0.1, -0.05) is 0 Å². The van der Waals surface area contributed by atoms with Gasteiger partial charge in [-0.25, -0.2) is 0 Å². The van der Waals surface area contributed by atoms with Gasteiger partial charge in [-0.05, 0) is 0 Å². The second-order valence-electron chi connectivity index (χ2n) is 0.894. The Morgan fingerprint density at radius 1 is 0.421 bits per heavy atom. The standard InChI is InChI=1S/Ca.2K.4NO3/c;;;4*2-1(3)4/q+2;2*+1;4*-1. The molecule has 96 valence electrons. The monoisotopic (exact) mass is 366 g/mol. The Kier molecular flexibility index (Phi) is 82.2. The van der Waals surface area contributed by atoms with Gasteiger partial charge in [0.15, 0.2) is 0 Å². The molecule has 19 heavy (non-hydrogen) atoms. The molecule has 0 rings (SSSR count). The van der Waals surface area contributed by atoms with Crippen molar-refractivity contribution in [2.24, 2.45) is 0 Å². The van der Waals surface area contributed by atoms with Crippen molar-refractivity contribution in [3.05, 3.63) is 61.3 Å². The van der Waals surface area contributed by atoms with Crippen LogP contribution in [-0.2, 0) is 0 Å². The van der Waals surface area contributed by atoms with Gasteiger partial charge in [-0.3, -0.25) is 0 Å². The van der Waals surface area contributed by atoms with Crippen molar-refractivity contribution in [1.29, 1.82) is 0 Å². The fraction of sp³-hybridized carbons (Fsp3) is 0. The normalized spacial score (nSPS) is 5.05. The van der Waals surface area contributed by atoms with Crippen molar-refractivity contribution in [2.75, 3.05) is 0 Å². The summed E-state index contributed by atoms with van der Waals surface area (Å²) in [5.74, 6) is 0. The van der Waals surface area contributed by atoms with E-state index in [1.807, 2.05) is 0 Å². The number of hydrogen-bond donors (Lipinski definition) is 0. The van der Waals surface area contributed by atoms with Gasteiger partial charge >= 0.3 is 141 Å². The summed E-state index contributed by atoms with van der Waals surface area (Å²) in [6.07, 6.45) is 0. The number of nitrogens with zero attached hydrogens (tertiary/aromatic N) is 4. The van der Waals surface area contributed by atoms with Gasteiger partial charge in [0.1, 0.15) is 0 Å². The molecular formula is CaK2N4O12. The predicted molar refractivity (Wildman–Crippen MR) is 47.2 cm³/mol. The SMILES string of the molecule is O=[N+]([O-])[O-].O=[N+]([O-])[O-].O=[N+]([O-])[O-].O=[N+]([O-])[O-].[Ca+2].[K+].[K+]. The molecular weight excluding hydrogens is 366 g/mol. The summed E-state index contributed by atoms with van der Waals surface area (Å²) < 4.78 is 0. The zero-order chi connectivity index (χ0) is 14.3. The molecule has 0 amide bonds. The van der Waals surface area contributed by atoms with Gasteiger partial charge in [-0.2, -0.15) is 0 Å². The number of rotatable bonds is 0. The molecule has 0 aromatic rings. The second-order valence-corrected chi connectivity index (χ2v) is 0.894. The Bertz CT molecular complexity index is 168. The van der Waals surface area contributed by atoms with E-state index in [1.54, 1.807) is 0 Å². The van der Waals surface area contributed by atoms with Crippen LogP contribution < -0.4 is 103 Å². The molecule has 0 saturated heterocycles. The second kappa shape index (κ2) is 36.6. The van der Waals surface area contributed by atoms with Gasteiger partial charge in [-0.15, -0.1) is 0 Å². The van der Waals surface area contributed by atoms with Crippen LogP contribution in [0.25, 0.3) is 0 Å². The van der Waals surface area contributed by atoms with E-state index >= 15 is 0 Å². The third-order valence-corrected chi connectivity index (χ3v) is 0. The molecule has 0 aliphatic heterocycles. The van der Waals surface area contributed by atoms with Crippen molar-refractivity contribution in [1.82, 2.24) is 0 Å². The Morgan fingerprint density at radius 3 is 0.421 bits per heavy atom. The molecule has 16 nitrogen and oxygen atoms in total. The van der Waals surface area contributed by atoms with Crippen molar-refractivity contribution in [3.8, 4) is 0 Å².